The van der Waals surface area contributed by atoms with Gasteiger partial charge in [0, 0.05) is 49.5 Å². The third kappa shape index (κ3) is 6.35. The van der Waals surface area contributed by atoms with Crippen LogP contribution in [0.5, 0.6) is 0 Å². The van der Waals surface area contributed by atoms with Crippen molar-refractivity contribution in [1.29, 1.82) is 0 Å². The van der Waals surface area contributed by atoms with E-state index in [0.717, 1.165) is 55.2 Å². The van der Waals surface area contributed by atoms with Crippen LogP contribution in [0.25, 0.3) is 0 Å². The highest BCUT2D eigenvalue weighted by Gasteiger charge is 2.24. The van der Waals surface area contributed by atoms with Gasteiger partial charge in [0.15, 0.2) is 0 Å². The third-order valence-electron chi connectivity index (χ3n) is 5.69. The summed E-state index contributed by atoms with van der Waals surface area (Å²) >= 11 is 6.05. The van der Waals surface area contributed by atoms with E-state index in [1.807, 2.05) is 30.3 Å². The molecule has 2 aromatic rings. The molecular formula is C24H31ClN2O4. The number of methoxy groups -OCH3 is 1. The van der Waals surface area contributed by atoms with Crippen LogP contribution >= 0.6 is 11.6 Å². The number of hydrogen-bond donors (Lipinski definition) is 2. The fourth-order valence-corrected chi connectivity index (χ4v) is 4.28. The number of hydrogen-bond acceptors (Lipinski definition) is 5. The van der Waals surface area contributed by atoms with Crippen LogP contribution in [0.3, 0.4) is 0 Å². The Morgan fingerprint density at radius 3 is 2.58 bits per heavy atom. The van der Waals surface area contributed by atoms with E-state index in [0.29, 0.717) is 17.7 Å². The third-order valence-corrected chi connectivity index (χ3v) is 5.94. The van der Waals surface area contributed by atoms with Crippen molar-refractivity contribution in [1.82, 2.24) is 0 Å². The number of carboxylic acids is 1. The minimum Gasteiger partial charge on any atom is -0.481 e. The highest BCUT2D eigenvalue weighted by Crippen LogP contribution is 2.36. The number of benzene rings is 2. The molecule has 0 saturated carbocycles. The number of carbonyl (C=O) groups is 1. The molecular weight excluding hydrogens is 416 g/mol. The molecule has 1 fully saturated rings. The Labute approximate surface area is 189 Å². The van der Waals surface area contributed by atoms with Gasteiger partial charge < -0.3 is 24.8 Å². The average Bonchev–Trinajstić information content (AvgIpc) is 2.77. The lowest BCUT2D eigenvalue weighted by Gasteiger charge is -2.37. The highest BCUT2D eigenvalue weighted by molar-refractivity contribution is 6.30. The molecule has 168 valence electrons. The monoisotopic (exact) mass is 446 g/mol. The number of anilines is 3. The summed E-state index contributed by atoms with van der Waals surface area (Å²) in [4.78, 5) is 13.8. The zero-order valence-electron chi connectivity index (χ0n) is 18.1. The number of nitrogens with zero attached hydrogens (tertiary/aromatic N) is 1. The van der Waals surface area contributed by atoms with Gasteiger partial charge in [0.05, 0.1) is 24.4 Å². The van der Waals surface area contributed by atoms with E-state index in [9.17, 15) is 9.90 Å². The zero-order chi connectivity index (χ0) is 22.2. The normalized spacial score (nSPS) is 15.5. The van der Waals surface area contributed by atoms with Crippen LogP contribution in [0.4, 0.5) is 17.1 Å². The van der Waals surface area contributed by atoms with E-state index >= 15 is 0 Å². The van der Waals surface area contributed by atoms with Crippen molar-refractivity contribution in [2.45, 2.75) is 38.1 Å². The Kier molecular flexibility index (Phi) is 8.58. The maximum absolute atomic E-state index is 11.4. The van der Waals surface area contributed by atoms with Crippen LogP contribution < -0.4 is 10.2 Å². The first-order valence-corrected chi connectivity index (χ1v) is 11.1. The van der Waals surface area contributed by atoms with Gasteiger partial charge in [-0.2, -0.15) is 0 Å². The van der Waals surface area contributed by atoms with E-state index in [-0.39, 0.29) is 12.3 Å². The second-order valence-corrected chi connectivity index (χ2v) is 8.22. The van der Waals surface area contributed by atoms with Gasteiger partial charge in [-0.3, -0.25) is 4.79 Å². The Balaban J connectivity index is 1.99. The van der Waals surface area contributed by atoms with Crippen molar-refractivity contribution < 1.29 is 19.4 Å². The number of ether oxygens (including phenoxy) is 2. The van der Waals surface area contributed by atoms with Crippen molar-refractivity contribution in [2.75, 3.05) is 43.7 Å². The van der Waals surface area contributed by atoms with Crippen LogP contribution in [0.2, 0.25) is 5.02 Å². The topological polar surface area (TPSA) is 71.0 Å². The lowest BCUT2D eigenvalue weighted by molar-refractivity contribution is -0.137. The molecule has 0 bridgehead atoms. The SMILES string of the molecule is CCN(c1ccc(C(COC)CC(=O)O)cc1Nc1ccc(Cl)cc1)C1CCOCC1. The standard InChI is InChI=1S/C24H31ClN2O4/c1-3-27(21-10-12-31-13-11-21)23-9-4-17(18(16-30-2)15-24(28)29)14-22(23)26-20-7-5-19(25)6-8-20/h4-9,14,18,21,26H,3,10-13,15-16H2,1-2H3,(H,28,29). The van der Waals surface area contributed by atoms with E-state index in [1.54, 1.807) is 7.11 Å². The molecule has 0 aliphatic carbocycles. The smallest absolute Gasteiger partial charge is 0.304 e. The van der Waals surface area contributed by atoms with E-state index in [2.05, 4.69) is 29.3 Å². The first kappa shape index (κ1) is 23.4. The van der Waals surface area contributed by atoms with Gasteiger partial charge in [0.1, 0.15) is 0 Å². The van der Waals surface area contributed by atoms with Crippen molar-refractivity contribution in [3.63, 3.8) is 0 Å². The molecule has 1 atom stereocenters. The molecule has 1 aliphatic rings. The minimum absolute atomic E-state index is 0.0189. The molecule has 31 heavy (non-hydrogen) atoms. The summed E-state index contributed by atoms with van der Waals surface area (Å²) in [6, 6.07) is 14.2. The zero-order valence-corrected chi connectivity index (χ0v) is 18.9. The van der Waals surface area contributed by atoms with Gasteiger partial charge in [0.2, 0.25) is 0 Å². The molecule has 2 N–H and O–H groups in total. The molecule has 0 spiro atoms. The molecule has 2 aromatic carbocycles. The summed E-state index contributed by atoms with van der Waals surface area (Å²) in [5.41, 5.74) is 3.90. The van der Waals surface area contributed by atoms with Crippen molar-refractivity contribution in [3.8, 4) is 0 Å². The Bertz CT molecular complexity index is 853. The van der Waals surface area contributed by atoms with Crippen molar-refractivity contribution in [3.05, 3.63) is 53.1 Å². The molecule has 1 saturated heterocycles. The minimum atomic E-state index is -0.837. The molecule has 3 rings (SSSR count). The van der Waals surface area contributed by atoms with Gasteiger partial charge in [-0.25, -0.2) is 0 Å². The van der Waals surface area contributed by atoms with Crippen LogP contribution in [-0.2, 0) is 14.3 Å². The predicted molar refractivity (Wildman–Crippen MR) is 125 cm³/mol. The summed E-state index contributed by atoms with van der Waals surface area (Å²) in [6.45, 7) is 4.93. The van der Waals surface area contributed by atoms with E-state index in [4.69, 9.17) is 21.1 Å². The van der Waals surface area contributed by atoms with E-state index < -0.39 is 5.97 Å². The van der Waals surface area contributed by atoms with Crippen molar-refractivity contribution in [2.24, 2.45) is 0 Å². The van der Waals surface area contributed by atoms with Gasteiger partial charge >= 0.3 is 5.97 Å². The fraction of sp³-hybridized carbons (Fsp3) is 0.458. The average molecular weight is 447 g/mol. The molecule has 0 radical (unpaired) electrons. The van der Waals surface area contributed by atoms with Crippen molar-refractivity contribution >= 4 is 34.6 Å². The summed E-state index contributed by atoms with van der Waals surface area (Å²) in [6.07, 6.45) is 1.99. The molecule has 1 unspecified atom stereocenters. The van der Waals surface area contributed by atoms with Crippen LogP contribution in [-0.4, -0.2) is 50.6 Å². The molecule has 0 amide bonds. The second kappa shape index (κ2) is 11.4. The number of rotatable bonds is 10. The number of aliphatic carboxylic acids is 1. The largest absolute Gasteiger partial charge is 0.481 e. The van der Waals surface area contributed by atoms with Crippen LogP contribution in [0.1, 0.15) is 37.7 Å². The molecule has 0 aromatic heterocycles. The summed E-state index contributed by atoms with van der Waals surface area (Å²) in [5, 5.41) is 13.6. The second-order valence-electron chi connectivity index (χ2n) is 7.79. The quantitative estimate of drug-likeness (QED) is 0.516. The van der Waals surface area contributed by atoms with Gasteiger partial charge in [0.25, 0.3) is 0 Å². The highest BCUT2D eigenvalue weighted by atomic mass is 35.5. The fourth-order valence-electron chi connectivity index (χ4n) is 4.15. The Hall–Kier alpha value is -2.28. The maximum atomic E-state index is 11.4. The van der Waals surface area contributed by atoms with Crippen LogP contribution in [0, 0.1) is 0 Å². The summed E-state index contributed by atoms with van der Waals surface area (Å²) in [5.74, 6) is -1.06. The maximum Gasteiger partial charge on any atom is 0.304 e. The first-order chi connectivity index (χ1) is 15.0. The number of halogens is 1. The van der Waals surface area contributed by atoms with Gasteiger partial charge in [-0.15, -0.1) is 0 Å². The number of nitrogens with one attached hydrogen (secondary N) is 1. The molecule has 6 nitrogen and oxygen atoms in total. The number of carboxylic acid groups (broad SMARTS) is 1. The molecule has 1 heterocycles. The van der Waals surface area contributed by atoms with Gasteiger partial charge in [-0.05, 0) is 61.7 Å². The lowest BCUT2D eigenvalue weighted by Crippen LogP contribution is -2.39. The van der Waals surface area contributed by atoms with Gasteiger partial charge in [-0.1, -0.05) is 17.7 Å². The van der Waals surface area contributed by atoms with E-state index in [1.165, 1.54) is 0 Å². The Morgan fingerprint density at radius 2 is 1.97 bits per heavy atom. The first-order valence-electron chi connectivity index (χ1n) is 10.7. The van der Waals surface area contributed by atoms with Crippen LogP contribution in [0.15, 0.2) is 42.5 Å². The molecule has 1 aliphatic heterocycles. The summed E-state index contributed by atoms with van der Waals surface area (Å²) < 4.78 is 10.9. The summed E-state index contributed by atoms with van der Waals surface area (Å²) in [7, 11) is 1.60. The predicted octanol–water partition coefficient (Wildman–Crippen LogP) is 5.29. The Morgan fingerprint density at radius 1 is 1.26 bits per heavy atom. The lowest BCUT2D eigenvalue weighted by atomic mass is 9.95. The molecule has 7 heteroatoms.